The molecule has 4 aromatic rings. The lowest BCUT2D eigenvalue weighted by atomic mass is 9.94. The van der Waals surface area contributed by atoms with Gasteiger partial charge in [-0.3, -0.25) is 9.88 Å². The average molecular weight is 630 g/mol. The van der Waals surface area contributed by atoms with Crippen molar-refractivity contribution in [3.63, 3.8) is 0 Å². The molecule has 0 spiro atoms. The molecule has 0 radical (unpaired) electrons. The van der Waals surface area contributed by atoms with E-state index in [1.807, 2.05) is 48.2 Å². The van der Waals surface area contributed by atoms with Crippen molar-refractivity contribution >= 4 is 33.6 Å². The highest BCUT2D eigenvalue weighted by atomic mass is 19.1. The van der Waals surface area contributed by atoms with Crippen LogP contribution in [-0.2, 0) is 15.9 Å². The molecule has 0 unspecified atom stereocenters. The lowest BCUT2D eigenvalue weighted by Crippen LogP contribution is -2.49. The molecule has 46 heavy (non-hydrogen) atoms. The zero-order valence-electron chi connectivity index (χ0n) is 25.9. The average Bonchev–Trinajstić information content (AvgIpc) is 3.57. The Hall–Kier alpha value is -4.12. The van der Waals surface area contributed by atoms with Gasteiger partial charge in [-0.2, -0.15) is 9.97 Å². The summed E-state index contributed by atoms with van der Waals surface area (Å²) in [4.78, 5) is 31.1. The Morgan fingerprint density at radius 2 is 1.93 bits per heavy atom. The monoisotopic (exact) mass is 629 g/mol. The smallest absolute Gasteiger partial charge is 0.461 e. The van der Waals surface area contributed by atoms with E-state index in [4.69, 9.17) is 24.2 Å². The lowest BCUT2D eigenvalue weighted by molar-refractivity contribution is -0.0323. The maximum Gasteiger partial charge on any atom is 0.508 e. The summed E-state index contributed by atoms with van der Waals surface area (Å²) in [6, 6.07) is 11.8. The molecule has 0 aliphatic carbocycles. The second kappa shape index (κ2) is 11.3. The molecule has 11 heteroatoms. The first kappa shape index (κ1) is 29.3. The molecule has 9 rings (SSSR count). The number of piperidine rings is 1. The number of alkyl halides is 1. The van der Waals surface area contributed by atoms with Crippen LogP contribution < -0.4 is 9.64 Å². The zero-order chi connectivity index (χ0) is 31.5. The number of halogens is 2. The van der Waals surface area contributed by atoms with E-state index in [9.17, 15) is 9.18 Å². The van der Waals surface area contributed by atoms with Crippen molar-refractivity contribution in [3.8, 4) is 17.3 Å². The van der Waals surface area contributed by atoms with E-state index in [2.05, 4.69) is 9.88 Å². The van der Waals surface area contributed by atoms with E-state index in [-0.39, 0.29) is 30.4 Å². The van der Waals surface area contributed by atoms with Crippen molar-refractivity contribution in [2.75, 3.05) is 44.3 Å². The number of carbonyl (C=O) groups excluding carboxylic acids is 1. The molecule has 9 nitrogen and oxygen atoms in total. The molecule has 5 aliphatic heterocycles. The van der Waals surface area contributed by atoms with Gasteiger partial charge in [-0.15, -0.1) is 0 Å². The maximum absolute atomic E-state index is 16.9. The number of aromatic nitrogens is 3. The van der Waals surface area contributed by atoms with E-state index in [0.717, 1.165) is 35.7 Å². The highest BCUT2D eigenvalue weighted by Gasteiger charge is 2.49. The number of aryl methyl sites for hydroxylation is 1. The standard InChI is InChI=1S/C35H37F2N5O4/c1-34-12-5-14-41(20-34)31-26-18-38-29(25-11-3-9-22-7-2-8-23(27(22)25)10-4-16-44-33(43)46-34)28(37)30(26)39-32(40-31)45-21-35-13-6-15-42(35)19-24(36)17-35/h2-3,7-9,11,18,24H,4-6,10,12-17,19-21H2,1H3/t24-,34-,35+/m1/s1. The second-order valence-corrected chi connectivity index (χ2v) is 13.5. The van der Waals surface area contributed by atoms with Crippen molar-refractivity contribution in [1.82, 2.24) is 19.9 Å². The Kier molecular flexibility index (Phi) is 7.19. The number of fused-ring (bicyclic) bond motifs is 7. The summed E-state index contributed by atoms with van der Waals surface area (Å²) >= 11 is 0. The molecule has 0 N–H and O–H groups in total. The molecule has 240 valence electrons. The minimum Gasteiger partial charge on any atom is -0.461 e. The van der Waals surface area contributed by atoms with Gasteiger partial charge in [-0.1, -0.05) is 36.4 Å². The number of anilines is 1. The fourth-order valence-corrected chi connectivity index (χ4v) is 8.11. The van der Waals surface area contributed by atoms with E-state index in [1.165, 1.54) is 0 Å². The fraction of sp³-hybridized carbons (Fsp3) is 0.486. The molecular formula is C35H37F2N5O4. The molecule has 0 saturated carbocycles. The van der Waals surface area contributed by atoms with Gasteiger partial charge in [0.05, 0.1) is 24.1 Å². The van der Waals surface area contributed by atoms with Crippen LogP contribution in [0.4, 0.5) is 19.4 Å². The highest BCUT2D eigenvalue weighted by molar-refractivity contribution is 6.00. The van der Waals surface area contributed by atoms with E-state index in [1.54, 1.807) is 6.20 Å². The third-order valence-electron chi connectivity index (χ3n) is 10.2. The Labute approximate surface area is 265 Å². The van der Waals surface area contributed by atoms with Crippen molar-refractivity contribution in [1.29, 1.82) is 0 Å². The number of ether oxygens (including phenoxy) is 3. The van der Waals surface area contributed by atoms with Crippen molar-refractivity contribution in [2.24, 2.45) is 0 Å². The fourth-order valence-electron chi connectivity index (χ4n) is 8.11. The van der Waals surface area contributed by atoms with Gasteiger partial charge in [0.1, 0.15) is 35.4 Å². The quantitative estimate of drug-likeness (QED) is 0.239. The molecule has 3 fully saturated rings. The summed E-state index contributed by atoms with van der Waals surface area (Å²) in [5.74, 6) is -0.100. The van der Waals surface area contributed by atoms with Gasteiger partial charge in [-0.05, 0) is 68.3 Å². The first-order chi connectivity index (χ1) is 22.3. The van der Waals surface area contributed by atoms with Crippen molar-refractivity contribution < 1.29 is 27.8 Å². The first-order valence-electron chi connectivity index (χ1n) is 16.3. The summed E-state index contributed by atoms with van der Waals surface area (Å²) in [7, 11) is 0. The summed E-state index contributed by atoms with van der Waals surface area (Å²) in [5, 5.41) is 2.29. The van der Waals surface area contributed by atoms with Gasteiger partial charge in [0.2, 0.25) is 0 Å². The first-order valence-corrected chi connectivity index (χ1v) is 16.3. The predicted molar refractivity (Wildman–Crippen MR) is 169 cm³/mol. The van der Waals surface area contributed by atoms with Crippen LogP contribution in [0, 0.1) is 5.82 Å². The number of carbonyl (C=O) groups is 1. The van der Waals surface area contributed by atoms with Crippen LogP contribution in [0.5, 0.6) is 6.01 Å². The van der Waals surface area contributed by atoms with Crippen LogP contribution in [-0.4, -0.2) is 82.7 Å². The van der Waals surface area contributed by atoms with Crippen LogP contribution in [0.15, 0.2) is 42.6 Å². The van der Waals surface area contributed by atoms with Gasteiger partial charge >= 0.3 is 12.2 Å². The number of benzene rings is 2. The van der Waals surface area contributed by atoms with Gasteiger partial charge < -0.3 is 19.1 Å². The topological polar surface area (TPSA) is 89.9 Å². The Bertz CT molecular complexity index is 1840. The number of hydrogen-bond donors (Lipinski definition) is 0. The molecule has 7 heterocycles. The molecule has 2 aromatic carbocycles. The summed E-state index contributed by atoms with van der Waals surface area (Å²) in [6.07, 6.45) is 4.79. The molecule has 5 aliphatic rings. The second-order valence-electron chi connectivity index (χ2n) is 13.5. The van der Waals surface area contributed by atoms with E-state index < -0.39 is 29.3 Å². The molecule has 3 saturated heterocycles. The Balaban J connectivity index is 1.29. The normalized spacial score (nSPS) is 26.7. The number of hydrogen-bond acceptors (Lipinski definition) is 9. The van der Waals surface area contributed by atoms with Crippen LogP contribution in [0.1, 0.15) is 51.0 Å². The third kappa shape index (κ3) is 5.09. The van der Waals surface area contributed by atoms with Gasteiger partial charge in [0.15, 0.2) is 5.82 Å². The number of pyridine rings is 1. The molecule has 3 atom stereocenters. The minimum atomic E-state index is -0.901. The summed E-state index contributed by atoms with van der Waals surface area (Å²) in [6.45, 7) is 4.46. The predicted octanol–water partition coefficient (Wildman–Crippen LogP) is 6.40. The van der Waals surface area contributed by atoms with Crippen LogP contribution >= 0.6 is 0 Å². The number of rotatable bonds is 3. The van der Waals surface area contributed by atoms with Crippen molar-refractivity contribution in [3.05, 3.63) is 54.0 Å². The van der Waals surface area contributed by atoms with Gasteiger partial charge in [0.25, 0.3) is 0 Å². The SMILES string of the molecule is C[C@@]12CCCN(C1)c1nc(OC[C@@]34CCCN3C[C@H](F)C4)nc3c(F)c(ncc13)-c1cccc3cccc(c13)CCCOC(=O)O2. The largest absolute Gasteiger partial charge is 0.508 e. The molecule has 0 amide bonds. The van der Waals surface area contributed by atoms with Crippen molar-refractivity contribution in [2.45, 2.75) is 69.2 Å². The van der Waals surface area contributed by atoms with Crippen LogP contribution in [0.25, 0.3) is 32.9 Å². The maximum atomic E-state index is 16.9. The Morgan fingerprint density at radius 3 is 2.83 bits per heavy atom. The zero-order valence-corrected chi connectivity index (χ0v) is 25.9. The Morgan fingerprint density at radius 1 is 1.09 bits per heavy atom. The molecular weight excluding hydrogens is 592 g/mol. The lowest BCUT2D eigenvalue weighted by Gasteiger charge is -2.40. The van der Waals surface area contributed by atoms with Crippen LogP contribution in [0.3, 0.4) is 0 Å². The van der Waals surface area contributed by atoms with Gasteiger partial charge in [-0.25, -0.2) is 13.6 Å². The summed E-state index contributed by atoms with van der Waals surface area (Å²) < 4.78 is 49.1. The van der Waals surface area contributed by atoms with Crippen LogP contribution in [0.2, 0.25) is 0 Å². The third-order valence-corrected chi connectivity index (χ3v) is 10.2. The highest BCUT2D eigenvalue weighted by Crippen LogP contribution is 2.42. The van der Waals surface area contributed by atoms with E-state index in [0.29, 0.717) is 68.5 Å². The minimum absolute atomic E-state index is 0.0335. The van der Waals surface area contributed by atoms with E-state index >= 15 is 4.39 Å². The van der Waals surface area contributed by atoms with Gasteiger partial charge in [0, 0.05) is 31.3 Å². The molecule has 6 bridgehead atoms. The molecule has 2 aromatic heterocycles. The number of nitrogens with zero attached hydrogens (tertiary/aromatic N) is 5. The summed E-state index contributed by atoms with van der Waals surface area (Å²) in [5.41, 5.74) is 0.695.